The number of likely N-dealkylation sites (N-methyl/N-ethyl adjacent to an activating group) is 1. The molecule has 2 aromatic rings. The Kier molecular flexibility index (Phi) is 5.49. The summed E-state index contributed by atoms with van der Waals surface area (Å²) in [5.74, 6) is 0.727. The van der Waals surface area contributed by atoms with Crippen molar-refractivity contribution in [1.29, 1.82) is 0 Å². The van der Waals surface area contributed by atoms with Crippen LogP contribution in [-0.2, 0) is 5.54 Å². The molecule has 2 aromatic carbocycles. The number of hydrogen-bond acceptors (Lipinski definition) is 3. The molecule has 0 amide bonds. The largest absolute Gasteiger partial charge is 0.394 e. The lowest BCUT2D eigenvalue weighted by Gasteiger charge is -2.32. The van der Waals surface area contributed by atoms with Gasteiger partial charge in [-0.2, -0.15) is 0 Å². The molecule has 0 aliphatic heterocycles. The fourth-order valence-corrected chi connectivity index (χ4v) is 3.49. The molecule has 2 nitrogen and oxygen atoms in total. The number of aliphatic hydroxyl groups is 1. The quantitative estimate of drug-likeness (QED) is 0.801. The maximum absolute atomic E-state index is 9.86. The van der Waals surface area contributed by atoms with E-state index in [-0.39, 0.29) is 6.61 Å². The fraction of sp³-hybridized carbons (Fsp3) is 0.250. The minimum Gasteiger partial charge on any atom is -0.394 e. The molecule has 0 aromatic heterocycles. The van der Waals surface area contributed by atoms with Crippen LogP contribution in [0.5, 0.6) is 0 Å². The van der Waals surface area contributed by atoms with Gasteiger partial charge < -0.3 is 10.4 Å². The summed E-state index contributed by atoms with van der Waals surface area (Å²) in [6.07, 6.45) is 0. The molecule has 0 radical (unpaired) electrons. The number of halogens is 1. The lowest BCUT2D eigenvalue weighted by atomic mass is 9.93. The van der Waals surface area contributed by atoms with Gasteiger partial charge in [0.25, 0.3) is 0 Å². The predicted octanol–water partition coefficient (Wildman–Crippen LogP) is 3.54. The van der Waals surface area contributed by atoms with E-state index in [1.807, 2.05) is 61.6 Å². The third kappa shape index (κ3) is 3.55. The van der Waals surface area contributed by atoms with Gasteiger partial charge in [-0.25, -0.2) is 0 Å². The first-order valence-electron chi connectivity index (χ1n) is 6.44. The third-order valence-electron chi connectivity index (χ3n) is 3.36. The Morgan fingerprint density at radius 1 is 1.15 bits per heavy atom. The highest BCUT2D eigenvalue weighted by Gasteiger charge is 2.29. The first-order chi connectivity index (χ1) is 9.70. The van der Waals surface area contributed by atoms with E-state index in [1.165, 1.54) is 0 Å². The molecule has 0 aliphatic rings. The smallest absolute Gasteiger partial charge is 0.0761 e. The van der Waals surface area contributed by atoms with Gasteiger partial charge in [0.1, 0.15) is 0 Å². The van der Waals surface area contributed by atoms with Crippen molar-refractivity contribution in [3.63, 3.8) is 0 Å². The summed E-state index contributed by atoms with van der Waals surface area (Å²) in [5, 5.41) is 13.9. The molecule has 2 rings (SSSR count). The second-order valence-electron chi connectivity index (χ2n) is 4.60. The van der Waals surface area contributed by atoms with Gasteiger partial charge in [0.05, 0.1) is 12.1 Å². The minimum atomic E-state index is -0.450. The second-order valence-corrected chi connectivity index (χ2v) is 6.09. The van der Waals surface area contributed by atoms with Crippen molar-refractivity contribution in [2.45, 2.75) is 10.4 Å². The standard InChI is InChI=1S/C16H18ClNOS/c1-18-16(11-19,13-6-3-2-4-7-13)12-20-15-9-5-8-14(17)10-15/h2-10,18-19H,11-12H2,1H3. The Balaban J connectivity index is 2.18. The molecule has 0 aliphatic carbocycles. The van der Waals surface area contributed by atoms with E-state index < -0.39 is 5.54 Å². The SMILES string of the molecule is CNC(CO)(CSc1cccc(Cl)c1)c1ccccc1. The molecule has 1 unspecified atom stereocenters. The molecule has 0 heterocycles. The Labute approximate surface area is 129 Å². The van der Waals surface area contributed by atoms with Crippen molar-refractivity contribution >= 4 is 23.4 Å². The molecule has 0 saturated carbocycles. The molecule has 106 valence electrons. The fourth-order valence-electron chi connectivity index (χ4n) is 2.04. The van der Waals surface area contributed by atoms with Crippen molar-refractivity contribution in [3.05, 3.63) is 65.2 Å². The summed E-state index contributed by atoms with van der Waals surface area (Å²) in [7, 11) is 1.88. The lowest BCUT2D eigenvalue weighted by Crippen LogP contribution is -2.45. The zero-order valence-electron chi connectivity index (χ0n) is 11.3. The number of nitrogens with one attached hydrogen (secondary N) is 1. The number of hydrogen-bond donors (Lipinski definition) is 2. The zero-order valence-corrected chi connectivity index (χ0v) is 12.9. The summed E-state index contributed by atoms with van der Waals surface area (Å²) in [4.78, 5) is 1.10. The first-order valence-corrected chi connectivity index (χ1v) is 7.80. The van der Waals surface area contributed by atoms with E-state index in [0.717, 1.165) is 21.2 Å². The lowest BCUT2D eigenvalue weighted by molar-refractivity contribution is 0.187. The number of rotatable bonds is 6. The summed E-state index contributed by atoms with van der Waals surface area (Å²) < 4.78 is 0. The van der Waals surface area contributed by atoms with Gasteiger partial charge in [0.2, 0.25) is 0 Å². The normalized spacial score (nSPS) is 13.9. The summed E-state index contributed by atoms with van der Waals surface area (Å²) >= 11 is 7.68. The monoisotopic (exact) mass is 307 g/mol. The van der Waals surface area contributed by atoms with E-state index >= 15 is 0 Å². The van der Waals surface area contributed by atoms with Gasteiger partial charge in [-0.3, -0.25) is 0 Å². The summed E-state index contributed by atoms with van der Waals surface area (Å²) in [5.41, 5.74) is 0.633. The number of benzene rings is 2. The molecule has 2 N–H and O–H groups in total. The van der Waals surface area contributed by atoms with Crippen LogP contribution in [0.4, 0.5) is 0 Å². The minimum absolute atomic E-state index is 0.0427. The maximum Gasteiger partial charge on any atom is 0.0761 e. The van der Waals surface area contributed by atoms with Crippen LogP contribution in [0, 0.1) is 0 Å². The number of aliphatic hydroxyl groups excluding tert-OH is 1. The van der Waals surface area contributed by atoms with Gasteiger partial charge in [0.15, 0.2) is 0 Å². The Hall–Kier alpha value is -1.00. The highest BCUT2D eigenvalue weighted by molar-refractivity contribution is 7.99. The Morgan fingerprint density at radius 2 is 1.90 bits per heavy atom. The van der Waals surface area contributed by atoms with E-state index in [9.17, 15) is 5.11 Å². The van der Waals surface area contributed by atoms with Crippen molar-refractivity contribution < 1.29 is 5.11 Å². The number of thioether (sulfide) groups is 1. The topological polar surface area (TPSA) is 32.3 Å². The summed E-state index contributed by atoms with van der Waals surface area (Å²) in [6.45, 7) is 0.0427. The van der Waals surface area contributed by atoms with Crippen LogP contribution >= 0.6 is 23.4 Å². The average molecular weight is 308 g/mol. The van der Waals surface area contributed by atoms with E-state index in [2.05, 4.69) is 5.32 Å². The molecule has 4 heteroatoms. The van der Waals surface area contributed by atoms with Crippen molar-refractivity contribution in [2.24, 2.45) is 0 Å². The van der Waals surface area contributed by atoms with Crippen LogP contribution in [0.2, 0.25) is 5.02 Å². The molecule has 0 fully saturated rings. The average Bonchev–Trinajstić information content (AvgIpc) is 2.50. The Bertz CT molecular complexity index is 543. The van der Waals surface area contributed by atoms with Gasteiger partial charge in [0, 0.05) is 15.7 Å². The summed E-state index contributed by atoms with van der Waals surface area (Å²) in [6, 6.07) is 17.8. The van der Waals surface area contributed by atoms with Crippen LogP contribution in [0.1, 0.15) is 5.56 Å². The first kappa shape index (κ1) is 15.4. The van der Waals surface area contributed by atoms with Crippen LogP contribution < -0.4 is 5.32 Å². The van der Waals surface area contributed by atoms with Gasteiger partial charge in [-0.15, -0.1) is 11.8 Å². The Morgan fingerprint density at radius 3 is 2.50 bits per heavy atom. The molecular weight excluding hydrogens is 290 g/mol. The molecular formula is C16H18ClNOS. The third-order valence-corrected chi connectivity index (χ3v) is 4.82. The second kappa shape index (κ2) is 7.14. The van der Waals surface area contributed by atoms with E-state index in [0.29, 0.717) is 0 Å². The van der Waals surface area contributed by atoms with Crippen LogP contribution in [0.15, 0.2) is 59.5 Å². The molecule has 1 atom stereocenters. The van der Waals surface area contributed by atoms with E-state index in [1.54, 1.807) is 11.8 Å². The van der Waals surface area contributed by atoms with Gasteiger partial charge in [-0.1, -0.05) is 48.0 Å². The highest BCUT2D eigenvalue weighted by atomic mass is 35.5. The molecule has 0 saturated heterocycles. The van der Waals surface area contributed by atoms with Crippen molar-refractivity contribution in [2.75, 3.05) is 19.4 Å². The van der Waals surface area contributed by atoms with Gasteiger partial charge in [-0.05, 0) is 30.8 Å². The van der Waals surface area contributed by atoms with Gasteiger partial charge >= 0.3 is 0 Å². The maximum atomic E-state index is 9.86. The molecule has 20 heavy (non-hydrogen) atoms. The van der Waals surface area contributed by atoms with E-state index in [4.69, 9.17) is 11.6 Å². The van der Waals surface area contributed by atoms with Crippen LogP contribution in [0.25, 0.3) is 0 Å². The zero-order chi connectivity index (χ0) is 14.4. The van der Waals surface area contributed by atoms with Crippen molar-refractivity contribution in [3.8, 4) is 0 Å². The molecule has 0 bridgehead atoms. The highest BCUT2D eigenvalue weighted by Crippen LogP contribution is 2.30. The van der Waals surface area contributed by atoms with Crippen LogP contribution in [0.3, 0.4) is 0 Å². The molecule has 0 spiro atoms. The van der Waals surface area contributed by atoms with Crippen molar-refractivity contribution in [1.82, 2.24) is 5.32 Å². The van der Waals surface area contributed by atoms with Crippen LogP contribution in [-0.4, -0.2) is 24.5 Å². The predicted molar refractivity (Wildman–Crippen MR) is 86.4 cm³/mol.